The lowest BCUT2D eigenvalue weighted by atomic mass is 10.0. The molecule has 0 amide bonds. The Morgan fingerprint density at radius 1 is 0.917 bits per heavy atom. The fourth-order valence-electron chi connectivity index (χ4n) is 2.86. The predicted octanol–water partition coefficient (Wildman–Crippen LogP) is 5.49. The number of rotatable bonds is 3. The van der Waals surface area contributed by atoms with E-state index < -0.39 is 0 Å². The van der Waals surface area contributed by atoms with Crippen molar-refractivity contribution in [2.45, 2.75) is 6.42 Å². The molecule has 0 saturated heterocycles. The van der Waals surface area contributed by atoms with E-state index in [2.05, 4.69) is 32.5 Å². The summed E-state index contributed by atoms with van der Waals surface area (Å²) in [5.74, 6) is -0.241. The number of aromatic nitrogens is 2. The van der Waals surface area contributed by atoms with E-state index in [0.717, 1.165) is 33.5 Å². The first-order chi connectivity index (χ1) is 11.7. The molecule has 24 heavy (non-hydrogen) atoms. The number of hydrogen-bond donors (Lipinski definition) is 0. The molecule has 0 fully saturated rings. The quantitative estimate of drug-likeness (QED) is 0.459. The van der Waals surface area contributed by atoms with Crippen molar-refractivity contribution >= 4 is 21.6 Å². The van der Waals surface area contributed by atoms with Gasteiger partial charge < -0.3 is 4.40 Å². The molecule has 118 valence electrons. The first kappa shape index (κ1) is 15.1. The lowest BCUT2D eigenvalue weighted by molar-refractivity contribution is 0.628. The molecule has 2 aromatic heterocycles. The molecule has 0 N–H and O–H groups in total. The summed E-state index contributed by atoms with van der Waals surface area (Å²) in [4.78, 5) is 4.77. The Hall–Kier alpha value is -2.46. The van der Waals surface area contributed by atoms with Crippen LogP contribution in [-0.2, 0) is 6.42 Å². The monoisotopic (exact) mass is 380 g/mol. The minimum absolute atomic E-state index is 0.241. The molecule has 4 heteroatoms. The number of halogens is 2. The van der Waals surface area contributed by atoms with Crippen molar-refractivity contribution in [3.8, 4) is 11.3 Å². The van der Waals surface area contributed by atoms with Crippen molar-refractivity contribution in [2.75, 3.05) is 0 Å². The van der Waals surface area contributed by atoms with Crippen LogP contribution < -0.4 is 0 Å². The van der Waals surface area contributed by atoms with Gasteiger partial charge in [-0.25, -0.2) is 9.37 Å². The maximum Gasteiger partial charge on any atom is 0.137 e. The van der Waals surface area contributed by atoms with Gasteiger partial charge in [-0.3, -0.25) is 0 Å². The summed E-state index contributed by atoms with van der Waals surface area (Å²) in [6, 6.07) is 20.7. The Kier molecular flexibility index (Phi) is 3.90. The lowest BCUT2D eigenvalue weighted by Gasteiger charge is -2.06. The van der Waals surface area contributed by atoms with Crippen molar-refractivity contribution in [1.82, 2.24) is 9.38 Å². The maximum absolute atomic E-state index is 13.3. The molecular weight excluding hydrogens is 367 g/mol. The summed E-state index contributed by atoms with van der Waals surface area (Å²) < 4.78 is 16.4. The van der Waals surface area contributed by atoms with Gasteiger partial charge in [0.05, 0.1) is 11.4 Å². The molecule has 0 aliphatic carbocycles. The van der Waals surface area contributed by atoms with Gasteiger partial charge in [-0.2, -0.15) is 0 Å². The van der Waals surface area contributed by atoms with Gasteiger partial charge in [0.25, 0.3) is 0 Å². The second kappa shape index (κ2) is 6.21. The minimum atomic E-state index is -0.241. The van der Waals surface area contributed by atoms with Gasteiger partial charge >= 0.3 is 0 Å². The fraction of sp³-hybridized carbons (Fsp3) is 0.0500. The number of hydrogen-bond acceptors (Lipinski definition) is 1. The Balaban J connectivity index is 1.91. The highest BCUT2D eigenvalue weighted by molar-refractivity contribution is 9.10. The number of fused-ring (bicyclic) bond motifs is 1. The van der Waals surface area contributed by atoms with E-state index in [1.54, 1.807) is 12.1 Å². The summed E-state index contributed by atoms with van der Waals surface area (Å²) in [7, 11) is 0. The van der Waals surface area contributed by atoms with Crippen LogP contribution in [0.15, 0.2) is 77.4 Å². The molecule has 2 aromatic carbocycles. The summed E-state index contributed by atoms with van der Waals surface area (Å²) in [6.07, 6.45) is 2.78. The van der Waals surface area contributed by atoms with Crippen LogP contribution in [-0.4, -0.2) is 9.38 Å². The first-order valence-electron chi connectivity index (χ1n) is 7.67. The summed E-state index contributed by atoms with van der Waals surface area (Å²) in [6.45, 7) is 0. The molecular formula is C20H14BrFN2. The van der Waals surface area contributed by atoms with Gasteiger partial charge in [-0.05, 0) is 57.9 Å². The smallest absolute Gasteiger partial charge is 0.137 e. The van der Waals surface area contributed by atoms with Crippen LogP contribution in [0.25, 0.3) is 16.9 Å². The van der Waals surface area contributed by atoms with Crippen LogP contribution >= 0.6 is 15.9 Å². The fourth-order valence-corrected chi connectivity index (χ4v) is 3.20. The second-order valence-corrected chi connectivity index (χ2v) is 6.57. The molecule has 2 heterocycles. The topological polar surface area (TPSA) is 17.3 Å². The summed E-state index contributed by atoms with van der Waals surface area (Å²) >= 11 is 3.53. The van der Waals surface area contributed by atoms with E-state index >= 15 is 0 Å². The normalized spacial score (nSPS) is 11.1. The highest BCUT2D eigenvalue weighted by Gasteiger charge is 2.15. The zero-order chi connectivity index (χ0) is 16.5. The largest absolute Gasteiger partial charge is 0.302 e. The van der Waals surface area contributed by atoms with Gasteiger partial charge in [0.2, 0.25) is 0 Å². The first-order valence-corrected chi connectivity index (χ1v) is 8.46. The van der Waals surface area contributed by atoms with E-state index in [0.29, 0.717) is 0 Å². The molecule has 0 aliphatic heterocycles. The van der Waals surface area contributed by atoms with Crippen LogP contribution in [0.1, 0.15) is 11.3 Å². The minimum Gasteiger partial charge on any atom is -0.302 e. The van der Waals surface area contributed by atoms with Crippen LogP contribution in [0.4, 0.5) is 4.39 Å². The van der Waals surface area contributed by atoms with E-state index in [9.17, 15) is 4.39 Å². The molecule has 0 saturated carbocycles. The van der Waals surface area contributed by atoms with Crippen molar-refractivity contribution in [3.05, 3.63) is 94.5 Å². The molecule has 2 nitrogen and oxygen atoms in total. The highest BCUT2D eigenvalue weighted by Crippen LogP contribution is 2.28. The van der Waals surface area contributed by atoms with E-state index in [4.69, 9.17) is 4.98 Å². The number of nitrogens with zero attached hydrogens (tertiary/aromatic N) is 2. The van der Waals surface area contributed by atoms with E-state index in [-0.39, 0.29) is 5.82 Å². The Labute approximate surface area is 147 Å². The van der Waals surface area contributed by atoms with Crippen molar-refractivity contribution in [2.24, 2.45) is 0 Å². The van der Waals surface area contributed by atoms with Crippen molar-refractivity contribution < 1.29 is 4.39 Å². The number of pyridine rings is 1. The van der Waals surface area contributed by atoms with Gasteiger partial charge in [-0.1, -0.05) is 30.3 Å². The molecule has 0 aliphatic rings. The second-order valence-electron chi connectivity index (χ2n) is 5.65. The maximum atomic E-state index is 13.3. The Bertz CT molecular complexity index is 992. The van der Waals surface area contributed by atoms with Crippen LogP contribution in [0.2, 0.25) is 0 Å². The molecule has 0 spiro atoms. The molecule has 0 bridgehead atoms. The Morgan fingerprint density at radius 2 is 1.67 bits per heavy atom. The van der Waals surface area contributed by atoms with Gasteiger partial charge in [0, 0.05) is 22.7 Å². The van der Waals surface area contributed by atoms with Crippen molar-refractivity contribution in [1.29, 1.82) is 0 Å². The number of imidazole rings is 1. The standard InChI is InChI=1S/C20H14BrFN2/c21-16-8-11-19-23-20(15-6-9-17(22)10-7-15)18(24(19)13-16)12-14-4-2-1-3-5-14/h1-11,13H,12H2. The average Bonchev–Trinajstić information content (AvgIpc) is 2.94. The number of benzene rings is 2. The zero-order valence-corrected chi connectivity index (χ0v) is 14.4. The third-order valence-corrected chi connectivity index (χ3v) is 4.48. The molecule has 4 rings (SSSR count). The molecule has 0 radical (unpaired) electrons. The summed E-state index contributed by atoms with van der Waals surface area (Å²) in [5.41, 5.74) is 4.98. The summed E-state index contributed by atoms with van der Waals surface area (Å²) in [5, 5.41) is 0. The van der Waals surface area contributed by atoms with Crippen LogP contribution in [0.5, 0.6) is 0 Å². The third kappa shape index (κ3) is 2.85. The predicted molar refractivity (Wildman–Crippen MR) is 97.5 cm³/mol. The van der Waals surface area contributed by atoms with Crippen LogP contribution in [0, 0.1) is 5.82 Å². The SMILES string of the molecule is Fc1ccc(-c2nc3ccc(Br)cn3c2Cc2ccccc2)cc1. The zero-order valence-electron chi connectivity index (χ0n) is 12.8. The molecule has 0 atom stereocenters. The molecule has 4 aromatic rings. The van der Waals surface area contributed by atoms with E-state index in [1.807, 2.05) is 36.5 Å². The van der Waals surface area contributed by atoms with E-state index in [1.165, 1.54) is 17.7 Å². The Morgan fingerprint density at radius 3 is 2.42 bits per heavy atom. The highest BCUT2D eigenvalue weighted by atomic mass is 79.9. The van der Waals surface area contributed by atoms with Crippen LogP contribution in [0.3, 0.4) is 0 Å². The third-order valence-electron chi connectivity index (χ3n) is 4.01. The lowest BCUT2D eigenvalue weighted by Crippen LogP contribution is -1.96. The van der Waals surface area contributed by atoms with Crippen molar-refractivity contribution in [3.63, 3.8) is 0 Å². The van der Waals surface area contributed by atoms with Gasteiger partial charge in [-0.15, -0.1) is 0 Å². The van der Waals surface area contributed by atoms with Gasteiger partial charge in [0.15, 0.2) is 0 Å². The molecule has 0 unspecified atom stereocenters. The average molecular weight is 381 g/mol. The van der Waals surface area contributed by atoms with Gasteiger partial charge in [0.1, 0.15) is 11.5 Å².